The van der Waals surface area contributed by atoms with Crippen molar-refractivity contribution < 1.29 is 3.76 Å². The summed E-state index contributed by atoms with van der Waals surface area (Å²) in [6.07, 6.45) is 0. The molecule has 0 aromatic heterocycles. The van der Waals surface area contributed by atoms with Crippen LogP contribution in [0.25, 0.3) is 0 Å². The first-order valence-corrected chi connectivity index (χ1v) is 23.1. The molecule has 0 spiro atoms. The molecule has 2 aromatic rings. The number of nitrogens with zero attached hydrogens (tertiary/aromatic N) is 1. The maximum atomic E-state index is 7.54. The van der Waals surface area contributed by atoms with Gasteiger partial charge in [-0.2, -0.15) is 0 Å². The Hall–Kier alpha value is -1.38. The van der Waals surface area contributed by atoms with Crippen LogP contribution in [0.2, 0.25) is 4.25 Å². The molecule has 1 unspecified atom stereocenters. The summed E-state index contributed by atoms with van der Waals surface area (Å²) >= 11 is -3.57. The normalized spacial score (nSPS) is 20.1. The summed E-state index contributed by atoms with van der Waals surface area (Å²) in [5.41, 5.74) is 8.56. The van der Waals surface area contributed by atoms with E-state index < -0.39 is 13.6 Å². The first-order valence-electron chi connectivity index (χ1n) is 18.2. The summed E-state index contributed by atoms with van der Waals surface area (Å²) in [7, 11) is 1.28. The summed E-state index contributed by atoms with van der Waals surface area (Å²) in [5.74, 6) is 2.19. The van der Waals surface area contributed by atoms with E-state index in [1.807, 2.05) is 0 Å². The third-order valence-corrected chi connectivity index (χ3v) is 23.1. The number of rotatable bonds is 5. The molecule has 1 saturated heterocycles. The summed E-state index contributed by atoms with van der Waals surface area (Å²) < 4.78 is 10.6. The van der Waals surface area contributed by atoms with E-state index in [9.17, 15) is 0 Å². The van der Waals surface area contributed by atoms with E-state index in [1.54, 1.807) is 4.40 Å². The fourth-order valence-electron chi connectivity index (χ4n) is 6.71. The zero-order chi connectivity index (χ0) is 36.5. The number of hydrogen-bond acceptors (Lipinski definition) is 2. The molecule has 0 amide bonds. The van der Waals surface area contributed by atoms with Gasteiger partial charge in [0.15, 0.2) is 0 Å². The van der Waals surface area contributed by atoms with Crippen LogP contribution < -0.4 is 9.70 Å². The zero-order valence-electron chi connectivity index (χ0n) is 34.3. The Morgan fingerprint density at radius 3 is 1.32 bits per heavy atom. The van der Waals surface area contributed by atoms with Crippen LogP contribution >= 0.6 is 8.20 Å². The van der Waals surface area contributed by atoms with Crippen molar-refractivity contribution in [3.8, 4) is 0 Å². The average Bonchev–Trinajstić information content (AvgIpc) is 2.85. The molecule has 47 heavy (non-hydrogen) atoms. The predicted octanol–water partition coefficient (Wildman–Crippen LogP) is 12.1. The van der Waals surface area contributed by atoms with Gasteiger partial charge in [0.05, 0.1) is 0 Å². The molecular formula is C43H70GeNOP. The molecule has 1 fully saturated rings. The molecule has 2 nitrogen and oxygen atoms in total. The van der Waals surface area contributed by atoms with Crippen molar-refractivity contribution in [2.45, 2.75) is 189 Å². The molecule has 1 aliphatic heterocycles. The van der Waals surface area contributed by atoms with Crippen LogP contribution in [0.4, 0.5) is 0 Å². The molecule has 0 bridgehead atoms. The molecule has 0 N–H and O–H groups in total. The van der Waals surface area contributed by atoms with Crippen molar-refractivity contribution in [2.75, 3.05) is 0 Å². The van der Waals surface area contributed by atoms with Crippen molar-refractivity contribution in [2.24, 2.45) is 4.99 Å². The average molecular weight is 721 g/mol. The van der Waals surface area contributed by atoms with E-state index in [2.05, 4.69) is 170 Å². The van der Waals surface area contributed by atoms with Crippen LogP contribution in [-0.2, 0) is 20.0 Å². The third kappa shape index (κ3) is 8.17. The fourth-order valence-corrected chi connectivity index (χ4v) is 22.1. The topological polar surface area (TPSA) is 21.6 Å². The van der Waals surface area contributed by atoms with Crippen LogP contribution in [0.1, 0.15) is 197 Å². The second-order valence-corrected chi connectivity index (χ2v) is 30.8. The Labute approximate surface area is 295 Å². The van der Waals surface area contributed by atoms with E-state index >= 15 is 0 Å². The van der Waals surface area contributed by atoms with Crippen LogP contribution in [-0.4, -0.2) is 29.2 Å². The minimum absolute atomic E-state index is 0.0153. The predicted molar refractivity (Wildman–Crippen MR) is 216 cm³/mol. The molecule has 3 rings (SSSR count). The standard InChI is InChI=1S/C43H70GeNOP/c1-26(2)29-22-31(27(3)4)35(32(23-29)28(5)6)44(42(16,17)18)37(38(46-44)45-43(19,20)21)47-36-33(40(10,11)12)24-30(39(7,8)9)25-34(36)41(13,14)15/h22-28H,1-21H3. The van der Waals surface area contributed by atoms with Gasteiger partial charge in [0.25, 0.3) is 0 Å². The molecule has 262 valence electrons. The van der Waals surface area contributed by atoms with Gasteiger partial charge in [-0.05, 0) is 0 Å². The molecule has 2 aromatic carbocycles. The van der Waals surface area contributed by atoms with Crippen LogP contribution in [0, 0.1) is 0 Å². The van der Waals surface area contributed by atoms with Crippen molar-refractivity contribution in [3.63, 3.8) is 0 Å². The van der Waals surface area contributed by atoms with Crippen molar-refractivity contribution in [1.82, 2.24) is 0 Å². The van der Waals surface area contributed by atoms with E-state index in [0.29, 0.717) is 17.8 Å². The third-order valence-electron chi connectivity index (χ3n) is 9.58. The van der Waals surface area contributed by atoms with Gasteiger partial charge >= 0.3 is 297 Å². The van der Waals surface area contributed by atoms with E-state index in [4.69, 9.17) is 8.76 Å². The summed E-state index contributed by atoms with van der Waals surface area (Å²) in [4.78, 5) is 5.36. The molecule has 1 aliphatic rings. The zero-order valence-corrected chi connectivity index (χ0v) is 37.3. The second kappa shape index (κ2) is 13.1. The second-order valence-electron chi connectivity index (χ2n) is 20.3. The summed E-state index contributed by atoms with van der Waals surface area (Å²) in [5, 5.41) is 1.47. The Morgan fingerprint density at radius 2 is 1.02 bits per heavy atom. The van der Waals surface area contributed by atoms with Gasteiger partial charge < -0.3 is 0 Å². The van der Waals surface area contributed by atoms with Crippen molar-refractivity contribution >= 4 is 41.5 Å². The van der Waals surface area contributed by atoms with Gasteiger partial charge in [-0.25, -0.2) is 0 Å². The van der Waals surface area contributed by atoms with Gasteiger partial charge in [-0.15, -0.1) is 0 Å². The Kier molecular flexibility index (Phi) is 11.1. The fraction of sp³-hybridized carbons (Fsp3) is 0.674. The van der Waals surface area contributed by atoms with Gasteiger partial charge in [-0.1, -0.05) is 0 Å². The maximum absolute atomic E-state index is 7.54. The van der Waals surface area contributed by atoms with E-state index in [-0.39, 0.29) is 26.0 Å². The van der Waals surface area contributed by atoms with Gasteiger partial charge in [0.2, 0.25) is 0 Å². The van der Waals surface area contributed by atoms with E-state index in [0.717, 1.165) is 5.90 Å². The number of benzene rings is 2. The van der Waals surface area contributed by atoms with Gasteiger partial charge in [0, 0.05) is 0 Å². The van der Waals surface area contributed by atoms with Gasteiger partial charge in [0.1, 0.15) is 0 Å². The number of hydrogen-bond donors (Lipinski definition) is 0. The molecule has 4 heteroatoms. The number of aliphatic imine (C=N–C) groups is 1. The van der Waals surface area contributed by atoms with E-state index in [1.165, 1.54) is 51.0 Å². The van der Waals surface area contributed by atoms with Crippen LogP contribution in [0.3, 0.4) is 0 Å². The first-order chi connectivity index (χ1) is 20.9. The first kappa shape index (κ1) is 40.1. The molecule has 0 aliphatic carbocycles. The Balaban J connectivity index is 2.71. The minimum atomic E-state index is -3.57. The molecule has 0 radical (unpaired) electrons. The SMILES string of the molecule is CC(C)c1cc(C(C)C)[c]([Ge]2([C](C)(C)C)[O]C(=NC(C)(C)C)[C]2=Pc2c(C(C)(C)C)cc(C(C)(C)C)cc2C(C)(C)C)c(C(C)C)c1. The quantitative estimate of drug-likeness (QED) is 0.223. The molecule has 1 heterocycles. The van der Waals surface area contributed by atoms with Gasteiger partial charge in [-0.3, -0.25) is 0 Å². The molecule has 1 atom stereocenters. The molecular weight excluding hydrogens is 650 g/mol. The Bertz CT molecular complexity index is 1470. The Morgan fingerprint density at radius 1 is 0.596 bits per heavy atom. The van der Waals surface area contributed by atoms with Crippen molar-refractivity contribution in [3.05, 3.63) is 57.6 Å². The summed E-state index contributed by atoms with van der Waals surface area (Å²) in [6, 6.07) is 10.1. The van der Waals surface area contributed by atoms with Crippen molar-refractivity contribution in [1.29, 1.82) is 0 Å². The van der Waals surface area contributed by atoms with Crippen LogP contribution in [0.5, 0.6) is 0 Å². The summed E-state index contributed by atoms with van der Waals surface area (Å²) in [6.45, 7) is 49.6. The van der Waals surface area contributed by atoms with Crippen LogP contribution in [0.15, 0.2) is 29.3 Å². The monoisotopic (exact) mass is 721 g/mol. The molecule has 0 saturated carbocycles.